The van der Waals surface area contributed by atoms with E-state index in [9.17, 15) is 4.79 Å². The van der Waals surface area contributed by atoms with E-state index in [4.69, 9.17) is 0 Å². The number of nitrogens with zero attached hydrogens (tertiary/aromatic N) is 3. The van der Waals surface area contributed by atoms with Crippen molar-refractivity contribution >= 4 is 5.91 Å². The molecule has 4 nitrogen and oxygen atoms in total. The topological polar surface area (TPSA) is 46.1 Å². The molecule has 0 aliphatic carbocycles. The number of aryl methyl sites for hydroxylation is 2. The maximum absolute atomic E-state index is 12.7. The van der Waals surface area contributed by atoms with Crippen molar-refractivity contribution in [2.75, 3.05) is 6.54 Å². The van der Waals surface area contributed by atoms with E-state index in [1.807, 2.05) is 42.3 Å². The number of rotatable bonds is 4. The molecule has 1 amide bonds. The van der Waals surface area contributed by atoms with Crippen LogP contribution in [-0.2, 0) is 6.42 Å². The van der Waals surface area contributed by atoms with Gasteiger partial charge in [-0.05, 0) is 37.5 Å². The number of hydrogen-bond donors (Lipinski definition) is 0. The van der Waals surface area contributed by atoms with E-state index in [0.29, 0.717) is 6.54 Å². The SMILES string of the molecule is CCc1cnc(C)nc1-c1ccc(C(=O)N2CC=C[C@H]2CC)cc1. The molecule has 124 valence electrons. The third-order valence-corrected chi connectivity index (χ3v) is 4.51. The highest BCUT2D eigenvalue weighted by Crippen LogP contribution is 2.23. The third kappa shape index (κ3) is 3.09. The fourth-order valence-electron chi connectivity index (χ4n) is 3.10. The van der Waals surface area contributed by atoms with Gasteiger partial charge in [0.1, 0.15) is 5.82 Å². The van der Waals surface area contributed by atoms with E-state index < -0.39 is 0 Å². The van der Waals surface area contributed by atoms with E-state index in [2.05, 4.69) is 36.0 Å². The van der Waals surface area contributed by atoms with Crippen LogP contribution in [0.1, 0.15) is 42.0 Å². The number of hydrogen-bond acceptors (Lipinski definition) is 3. The summed E-state index contributed by atoms with van der Waals surface area (Å²) in [6, 6.07) is 7.99. The quantitative estimate of drug-likeness (QED) is 0.805. The Balaban J connectivity index is 1.86. The van der Waals surface area contributed by atoms with Crippen LogP contribution in [0.3, 0.4) is 0 Å². The second-order valence-corrected chi connectivity index (χ2v) is 6.08. The molecule has 24 heavy (non-hydrogen) atoms. The van der Waals surface area contributed by atoms with Gasteiger partial charge in [-0.2, -0.15) is 0 Å². The number of carbonyl (C=O) groups is 1. The zero-order chi connectivity index (χ0) is 17.1. The van der Waals surface area contributed by atoms with Gasteiger partial charge in [0.05, 0.1) is 11.7 Å². The van der Waals surface area contributed by atoms with Gasteiger partial charge in [0.25, 0.3) is 5.91 Å². The van der Waals surface area contributed by atoms with Gasteiger partial charge < -0.3 is 4.90 Å². The predicted molar refractivity (Wildman–Crippen MR) is 95.8 cm³/mol. The van der Waals surface area contributed by atoms with Crippen molar-refractivity contribution in [2.45, 2.75) is 39.7 Å². The van der Waals surface area contributed by atoms with E-state index in [0.717, 1.165) is 41.1 Å². The smallest absolute Gasteiger partial charge is 0.254 e. The van der Waals surface area contributed by atoms with E-state index >= 15 is 0 Å². The van der Waals surface area contributed by atoms with Gasteiger partial charge in [-0.3, -0.25) is 4.79 Å². The van der Waals surface area contributed by atoms with Crippen molar-refractivity contribution in [2.24, 2.45) is 0 Å². The lowest BCUT2D eigenvalue weighted by molar-refractivity contribution is 0.0747. The van der Waals surface area contributed by atoms with Gasteiger partial charge in [0.15, 0.2) is 0 Å². The summed E-state index contributed by atoms with van der Waals surface area (Å²) in [5.41, 5.74) is 3.83. The number of benzene rings is 1. The summed E-state index contributed by atoms with van der Waals surface area (Å²) >= 11 is 0. The molecular formula is C20H23N3O. The van der Waals surface area contributed by atoms with E-state index in [1.54, 1.807) is 0 Å². The Morgan fingerprint density at radius 1 is 1.25 bits per heavy atom. The molecule has 0 N–H and O–H groups in total. The summed E-state index contributed by atoms with van der Waals surface area (Å²) in [6.07, 6.45) is 7.90. The molecule has 0 unspecified atom stereocenters. The second-order valence-electron chi connectivity index (χ2n) is 6.08. The Morgan fingerprint density at radius 2 is 2.00 bits per heavy atom. The molecule has 1 atom stereocenters. The van der Waals surface area contributed by atoms with E-state index in [1.165, 1.54) is 0 Å². The third-order valence-electron chi connectivity index (χ3n) is 4.51. The van der Waals surface area contributed by atoms with Crippen LogP contribution in [0.4, 0.5) is 0 Å². The van der Waals surface area contributed by atoms with E-state index in [-0.39, 0.29) is 11.9 Å². The normalized spacial score (nSPS) is 16.6. The molecular weight excluding hydrogens is 298 g/mol. The molecule has 0 bridgehead atoms. The minimum absolute atomic E-state index is 0.0907. The van der Waals surface area contributed by atoms with Crippen LogP contribution < -0.4 is 0 Å². The molecule has 2 aromatic rings. The number of aromatic nitrogens is 2. The van der Waals surface area contributed by atoms with Crippen LogP contribution in [0, 0.1) is 6.92 Å². The van der Waals surface area contributed by atoms with Crippen LogP contribution in [0.2, 0.25) is 0 Å². The van der Waals surface area contributed by atoms with Crippen LogP contribution in [0.25, 0.3) is 11.3 Å². The lowest BCUT2D eigenvalue weighted by Crippen LogP contribution is -2.35. The summed E-state index contributed by atoms with van der Waals surface area (Å²) in [5, 5.41) is 0. The van der Waals surface area contributed by atoms with Gasteiger partial charge >= 0.3 is 0 Å². The second kappa shape index (κ2) is 6.95. The highest BCUT2D eigenvalue weighted by molar-refractivity contribution is 5.95. The van der Waals surface area contributed by atoms with Gasteiger partial charge in [0, 0.05) is 23.9 Å². The van der Waals surface area contributed by atoms with Gasteiger partial charge in [-0.25, -0.2) is 9.97 Å². The molecule has 3 rings (SSSR count). The maximum atomic E-state index is 12.7. The van der Waals surface area contributed by atoms with Crippen molar-refractivity contribution < 1.29 is 4.79 Å². The number of amides is 1. The van der Waals surface area contributed by atoms with Crippen molar-refractivity contribution in [1.82, 2.24) is 14.9 Å². The van der Waals surface area contributed by atoms with Crippen LogP contribution in [-0.4, -0.2) is 33.4 Å². The summed E-state index contributed by atoms with van der Waals surface area (Å²) in [4.78, 5) is 23.5. The summed E-state index contributed by atoms with van der Waals surface area (Å²) in [6.45, 7) is 6.80. The Hall–Kier alpha value is -2.49. The standard InChI is InChI=1S/C20H23N3O/c1-4-15-13-21-14(3)22-19(15)16-8-10-17(11-9-16)20(24)23-12-6-7-18(23)5-2/h6-11,13,18H,4-5,12H2,1-3H3/t18-/m1/s1. The molecule has 0 saturated carbocycles. The maximum Gasteiger partial charge on any atom is 0.254 e. The Morgan fingerprint density at radius 3 is 2.67 bits per heavy atom. The zero-order valence-electron chi connectivity index (χ0n) is 14.5. The summed E-state index contributed by atoms with van der Waals surface area (Å²) < 4.78 is 0. The minimum atomic E-state index is 0.0907. The molecule has 2 heterocycles. The molecule has 0 radical (unpaired) electrons. The fraction of sp³-hybridized carbons (Fsp3) is 0.350. The first-order valence-electron chi connectivity index (χ1n) is 8.54. The summed E-state index contributed by atoms with van der Waals surface area (Å²) in [5.74, 6) is 0.851. The summed E-state index contributed by atoms with van der Waals surface area (Å²) in [7, 11) is 0. The molecule has 0 fully saturated rings. The molecule has 1 aliphatic heterocycles. The van der Waals surface area contributed by atoms with Gasteiger partial charge in [0.2, 0.25) is 0 Å². The largest absolute Gasteiger partial charge is 0.329 e. The lowest BCUT2D eigenvalue weighted by Gasteiger charge is -2.23. The van der Waals surface area contributed by atoms with Crippen molar-refractivity contribution in [3.05, 3.63) is 59.6 Å². The van der Waals surface area contributed by atoms with Crippen LogP contribution >= 0.6 is 0 Å². The average Bonchev–Trinajstić information content (AvgIpc) is 3.10. The van der Waals surface area contributed by atoms with Crippen LogP contribution in [0.15, 0.2) is 42.6 Å². The number of carbonyl (C=O) groups excluding carboxylic acids is 1. The van der Waals surface area contributed by atoms with Gasteiger partial charge in [-0.1, -0.05) is 38.1 Å². The Kier molecular flexibility index (Phi) is 4.74. The lowest BCUT2D eigenvalue weighted by atomic mass is 10.0. The van der Waals surface area contributed by atoms with Crippen molar-refractivity contribution in [3.8, 4) is 11.3 Å². The highest BCUT2D eigenvalue weighted by Gasteiger charge is 2.24. The molecule has 1 aromatic heterocycles. The average molecular weight is 321 g/mol. The molecule has 4 heteroatoms. The monoisotopic (exact) mass is 321 g/mol. The zero-order valence-corrected chi connectivity index (χ0v) is 14.5. The van der Waals surface area contributed by atoms with Crippen molar-refractivity contribution in [1.29, 1.82) is 0 Å². The van der Waals surface area contributed by atoms with Crippen LogP contribution in [0.5, 0.6) is 0 Å². The minimum Gasteiger partial charge on any atom is -0.329 e. The molecule has 1 aromatic carbocycles. The Labute approximate surface area is 143 Å². The fourth-order valence-corrected chi connectivity index (χ4v) is 3.10. The Bertz CT molecular complexity index is 765. The first kappa shape index (κ1) is 16.4. The first-order valence-corrected chi connectivity index (χ1v) is 8.54. The van der Waals surface area contributed by atoms with Crippen molar-refractivity contribution in [3.63, 3.8) is 0 Å². The predicted octanol–water partition coefficient (Wildman–Crippen LogP) is 3.81. The molecule has 0 spiro atoms. The van der Waals surface area contributed by atoms with Gasteiger partial charge in [-0.15, -0.1) is 0 Å². The molecule has 1 aliphatic rings. The highest BCUT2D eigenvalue weighted by atomic mass is 16.2. The molecule has 0 saturated heterocycles. The first-order chi connectivity index (χ1) is 11.6.